The third kappa shape index (κ3) is 4.68. The summed E-state index contributed by atoms with van der Waals surface area (Å²) in [5, 5.41) is 0.769. The molecule has 1 atom stereocenters. The second-order valence-electron chi connectivity index (χ2n) is 7.85. The van der Waals surface area contributed by atoms with Crippen molar-refractivity contribution < 1.29 is 4.79 Å². The summed E-state index contributed by atoms with van der Waals surface area (Å²) in [5.41, 5.74) is 2.51. The molecule has 2 aliphatic rings. The number of hydrogen-bond acceptors (Lipinski definition) is 3. The van der Waals surface area contributed by atoms with Gasteiger partial charge in [0.1, 0.15) is 0 Å². The van der Waals surface area contributed by atoms with Gasteiger partial charge >= 0.3 is 0 Å². The van der Waals surface area contributed by atoms with E-state index in [2.05, 4.69) is 51.1 Å². The first kappa shape index (κ1) is 19.3. The van der Waals surface area contributed by atoms with Crippen molar-refractivity contribution in [3.63, 3.8) is 0 Å². The van der Waals surface area contributed by atoms with E-state index < -0.39 is 0 Å². The molecule has 5 heteroatoms. The summed E-state index contributed by atoms with van der Waals surface area (Å²) in [5.74, 6) is 0.470. The zero-order chi connectivity index (χ0) is 19.3. The molecule has 0 aromatic heterocycles. The summed E-state index contributed by atoms with van der Waals surface area (Å²) in [6.45, 7) is 6.29. The van der Waals surface area contributed by atoms with Crippen LogP contribution in [0.2, 0.25) is 5.02 Å². The van der Waals surface area contributed by atoms with Crippen LogP contribution in [0.25, 0.3) is 0 Å². The summed E-state index contributed by atoms with van der Waals surface area (Å²) in [4.78, 5) is 20.0. The number of hydrogen-bond donors (Lipinski definition) is 0. The van der Waals surface area contributed by atoms with E-state index >= 15 is 0 Å². The average Bonchev–Trinajstić information content (AvgIpc) is 2.76. The fourth-order valence-corrected chi connectivity index (χ4v) is 4.46. The Morgan fingerprint density at radius 1 is 0.929 bits per heavy atom. The van der Waals surface area contributed by atoms with Gasteiger partial charge in [-0.15, -0.1) is 0 Å². The summed E-state index contributed by atoms with van der Waals surface area (Å²) >= 11 is 5.99. The van der Waals surface area contributed by atoms with E-state index in [0.29, 0.717) is 5.91 Å². The first-order chi connectivity index (χ1) is 13.7. The maximum absolute atomic E-state index is 13.1. The third-order valence-corrected chi connectivity index (χ3v) is 6.14. The molecule has 0 N–H and O–H groups in total. The Morgan fingerprint density at radius 3 is 2.36 bits per heavy atom. The molecule has 0 saturated carbocycles. The van der Waals surface area contributed by atoms with Gasteiger partial charge in [-0.05, 0) is 49.2 Å². The second kappa shape index (κ2) is 8.97. The van der Waals surface area contributed by atoms with Crippen LogP contribution in [0.1, 0.15) is 18.4 Å². The number of carbonyl (C=O) groups excluding carboxylic acids is 1. The zero-order valence-electron chi connectivity index (χ0n) is 16.3. The number of piperazine rings is 1. The maximum Gasteiger partial charge on any atom is 0.227 e. The van der Waals surface area contributed by atoms with Gasteiger partial charge in [-0.3, -0.25) is 9.69 Å². The highest BCUT2D eigenvalue weighted by atomic mass is 35.5. The summed E-state index contributed by atoms with van der Waals surface area (Å²) in [6.07, 6.45) is 2.10. The average molecular weight is 398 g/mol. The lowest BCUT2D eigenvalue weighted by Crippen LogP contribution is -2.52. The molecule has 2 aromatic rings. The van der Waals surface area contributed by atoms with E-state index in [9.17, 15) is 4.79 Å². The number of amides is 1. The molecule has 2 aromatic carbocycles. The highest BCUT2D eigenvalue weighted by Gasteiger charge is 2.31. The van der Waals surface area contributed by atoms with Crippen LogP contribution < -0.4 is 4.90 Å². The van der Waals surface area contributed by atoms with Gasteiger partial charge in [0, 0.05) is 50.0 Å². The van der Waals surface area contributed by atoms with Crippen LogP contribution in [0.3, 0.4) is 0 Å². The van der Waals surface area contributed by atoms with Crippen molar-refractivity contribution in [3.8, 4) is 0 Å². The third-order valence-electron chi connectivity index (χ3n) is 5.89. The van der Waals surface area contributed by atoms with Crippen LogP contribution in [0.15, 0.2) is 54.6 Å². The number of piperidine rings is 1. The number of carbonyl (C=O) groups is 1. The predicted molar refractivity (Wildman–Crippen MR) is 115 cm³/mol. The Hall–Kier alpha value is -2.04. The van der Waals surface area contributed by atoms with Crippen LogP contribution in [0, 0.1) is 5.92 Å². The van der Waals surface area contributed by atoms with Gasteiger partial charge in [-0.25, -0.2) is 0 Å². The van der Waals surface area contributed by atoms with E-state index in [1.807, 2.05) is 18.2 Å². The number of halogens is 1. The van der Waals surface area contributed by atoms with Gasteiger partial charge in [-0.1, -0.05) is 41.9 Å². The fraction of sp³-hybridized carbons (Fsp3) is 0.435. The van der Waals surface area contributed by atoms with Gasteiger partial charge in [0.05, 0.1) is 5.92 Å². The van der Waals surface area contributed by atoms with Crippen molar-refractivity contribution in [2.75, 3.05) is 44.2 Å². The second-order valence-corrected chi connectivity index (χ2v) is 8.29. The standard InChI is InChI=1S/C23H28ClN3O/c24-21-10-8-19(9-11-21)17-25-12-4-5-20(18-25)23(28)27-15-13-26(14-16-27)22-6-2-1-3-7-22/h1-3,6-11,20H,4-5,12-18H2/t20-/m1/s1. The lowest BCUT2D eigenvalue weighted by Gasteiger charge is -2.39. The topological polar surface area (TPSA) is 26.8 Å². The summed E-state index contributed by atoms with van der Waals surface area (Å²) < 4.78 is 0. The van der Waals surface area contributed by atoms with Crippen LogP contribution in [-0.4, -0.2) is 55.0 Å². The highest BCUT2D eigenvalue weighted by Crippen LogP contribution is 2.23. The van der Waals surface area contributed by atoms with Crippen molar-refractivity contribution in [3.05, 3.63) is 65.2 Å². The molecule has 148 valence electrons. The molecule has 2 saturated heterocycles. The molecular weight excluding hydrogens is 370 g/mol. The van der Waals surface area contributed by atoms with E-state index in [1.54, 1.807) is 0 Å². The van der Waals surface area contributed by atoms with Crippen molar-refractivity contribution in [1.29, 1.82) is 0 Å². The molecule has 1 amide bonds. The Balaban J connectivity index is 1.30. The van der Waals surface area contributed by atoms with Crippen LogP contribution >= 0.6 is 11.6 Å². The van der Waals surface area contributed by atoms with Crippen LogP contribution in [-0.2, 0) is 11.3 Å². The van der Waals surface area contributed by atoms with Crippen molar-refractivity contribution in [2.24, 2.45) is 5.92 Å². The Bertz CT molecular complexity index is 772. The van der Waals surface area contributed by atoms with E-state index in [-0.39, 0.29) is 5.92 Å². The Morgan fingerprint density at radius 2 is 1.64 bits per heavy atom. The van der Waals surface area contributed by atoms with Gasteiger partial charge in [0.25, 0.3) is 0 Å². The van der Waals surface area contributed by atoms with Crippen LogP contribution in [0.5, 0.6) is 0 Å². The lowest BCUT2D eigenvalue weighted by atomic mass is 9.95. The molecule has 2 heterocycles. The van der Waals surface area contributed by atoms with Crippen molar-refractivity contribution in [1.82, 2.24) is 9.80 Å². The van der Waals surface area contributed by atoms with Crippen LogP contribution in [0.4, 0.5) is 5.69 Å². The Kier molecular flexibility index (Phi) is 6.18. The normalized spacial score (nSPS) is 21.0. The molecule has 0 unspecified atom stereocenters. The fourth-order valence-electron chi connectivity index (χ4n) is 4.33. The number of anilines is 1. The molecule has 4 nitrogen and oxygen atoms in total. The molecule has 4 rings (SSSR count). The number of benzene rings is 2. The minimum atomic E-state index is 0.129. The molecule has 2 fully saturated rings. The largest absolute Gasteiger partial charge is 0.368 e. The van der Waals surface area contributed by atoms with Crippen molar-refractivity contribution in [2.45, 2.75) is 19.4 Å². The van der Waals surface area contributed by atoms with Gasteiger partial charge in [0.2, 0.25) is 5.91 Å². The van der Waals surface area contributed by atoms with Crippen molar-refractivity contribution >= 4 is 23.2 Å². The predicted octanol–water partition coefficient (Wildman–Crippen LogP) is 3.90. The van der Waals surface area contributed by atoms with Gasteiger partial charge < -0.3 is 9.80 Å². The molecule has 0 bridgehead atoms. The summed E-state index contributed by atoms with van der Waals surface area (Å²) in [6, 6.07) is 18.5. The van der Waals surface area contributed by atoms with E-state index in [1.165, 1.54) is 11.3 Å². The zero-order valence-corrected chi connectivity index (χ0v) is 17.0. The minimum Gasteiger partial charge on any atom is -0.368 e. The molecule has 0 radical (unpaired) electrons. The molecule has 0 aliphatic carbocycles. The maximum atomic E-state index is 13.1. The number of nitrogens with zero attached hydrogens (tertiary/aromatic N) is 3. The van der Waals surface area contributed by atoms with E-state index in [4.69, 9.17) is 11.6 Å². The molecule has 2 aliphatic heterocycles. The quantitative estimate of drug-likeness (QED) is 0.782. The molecule has 0 spiro atoms. The van der Waals surface area contributed by atoms with Gasteiger partial charge in [0.15, 0.2) is 0 Å². The van der Waals surface area contributed by atoms with E-state index in [0.717, 1.165) is 63.7 Å². The first-order valence-corrected chi connectivity index (χ1v) is 10.6. The highest BCUT2D eigenvalue weighted by molar-refractivity contribution is 6.30. The smallest absolute Gasteiger partial charge is 0.227 e. The number of rotatable bonds is 4. The van der Waals surface area contributed by atoms with Gasteiger partial charge in [-0.2, -0.15) is 0 Å². The number of para-hydroxylation sites is 1. The molecular formula is C23H28ClN3O. The SMILES string of the molecule is O=C([C@@H]1CCCN(Cc2ccc(Cl)cc2)C1)N1CCN(c2ccccc2)CC1. The Labute approximate surface area is 172 Å². The molecule has 28 heavy (non-hydrogen) atoms. The number of likely N-dealkylation sites (tertiary alicyclic amines) is 1. The monoisotopic (exact) mass is 397 g/mol. The minimum absolute atomic E-state index is 0.129. The lowest BCUT2D eigenvalue weighted by molar-refractivity contribution is -0.137. The first-order valence-electron chi connectivity index (χ1n) is 10.2. The summed E-state index contributed by atoms with van der Waals surface area (Å²) in [7, 11) is 0.